The van der Waals surface area contributed by atoms with E-state index in [2.05, 4.69) is 38.7 Å². The molecule has 3 aromatic rings. The van der Waals surface area contributed by atoms with Crippen LogP contribution in [0.2, 0.25) is 0 Å². The first-order valence-corrected chi connectivity index (χ1v) is 13.0. The van der Waals surface area contributed by atoms with Crippen molar-refractivity contribution in [2.24, 2.45) is 0 Å². The minimum atomic E-state index is -0.0428. The van der Waals surface area contributed by atoms with Gasteiger partial charge in [0, 0.05) is 37.8 Å². The van der Waals surface area contributed by atoms with Crippen molar-refractivity contribution >= 4 is 17.5 Å². The third kappa shape index (κ3) is 8.43. The number of hydrogen-bond donors (Lipinski definition) is 2. The van der Waals surface area contributed by atoms with Crippen LogP contribution in [-0.2, 0) is 29.1 Å². The quantitative estimate of drug-likeness (QED) is 0.515. The molecule has 0 atom stereocenters. The highest BCUT2D eigenvalue weighted by Crippen LogP contribution is 2.25. The lowest BCUT2D eigenvalue weighted by atomic mass is 10.0. The number of carbonyl (C=O) groups is 2. The van der Waals surface area contributed by atoms with Crippen LogP contribution in [0.5, 0.6) is 5.75 Å². The van der Waals surface area contributed by atoms with Gasteiger partial charge in [-0.1, -0.05) is 42.5 Å². The average Bonchev–Trinajstić information content (AvgIpc) is 2.90. The lowest BCUT2D eigenvalue weighted by molar-refractivity contribution is -0.122. The lowest BCUT2D eigenvalue weighted by Gasteiger charge is -2.24. The maximum atomic E-state index is 12.7. The molecule has 194 valence electrons. The fourth-order valence-electron chi connectivity index (χ4n) is 4.44. The van der Waals surface area contributed by atoms with Gasteiger partial charge in [-0.05, 0) is 61.4 Å². The van der Waals surface area contributed by atoms with Crippen LogP contribution >= 0.6 is 0 Å². The zero-order valence-electron chi connectivity index (χ0n) is 21.5. The predicted molar refractivity (Wildman–Crippen MR) is 145 cm³/mol. The summed E-state index contributed by atoms with van der Waals surface area (Å²) < 4.78 is 6.18. The highest BCUT2D eigenvalue weighted by atomic mass is 16.5. The summed E-state index contributed by atoms with van der Waals surface area (Å²) in [4.78, 5) is 31.5. The highest BCUT2D eigenvalue weighted by Gasteiger charge is 2.16. The summed E-state index contributed by atoms with van der Waals surface area (Å²) in [5, 5.41) is 6.01. The van der Waals surface area contributed by atoms with E-state index in [0.29, 0.717) is 45.6 Å². The Labute approximate surface area is 219 Å². The Kier molecular flexibility index (Phi) is 9.66. The summed E-state index contributed by atoms with van der Waals surface area (Å²) in [6.07, 6.45) is 7.25. The van der Waals surface area contributed by atoms with Crippen LogP contribution in [0, 0.1) is 6.92 Å². The second-order valence-corrected chi connectivity index (χ2v) is 9.57. The SMILES string of the molecule is Cc1ccncc1NC(=O)CCc1ccc2c(c1)CN(Cc1ccccc1)CC(=O)NCCCCCO2. The first-order valence-electron chi connectivity index (χ1n) is 13.0. The summed E-state index contributed by atoms with van der Waals surface area (Å²) in [6, 6.07) is 18.2. The second kappa shape index (κ2) is 13.6. The van der Waals surface area contributed by atoms with E-state index in [1.807, 2.05) is 43.3 Å². The number of benzene rings is 2. The maximum absolute atomic E-state index is 12.7. The number of ether oxygens (including phenoxy) is 1. The number of rotatable bonds is 6. The van der Waals surface area contributed by atoms with E-state index in [4.69, 9.17) is 4.74 Å². The van der Waals surface area contributed by atoms with Gasteiger partial charge in [0.2, 0.25) is 11.8 Å². The number of fused-ring (bicyclic) bond motifs is 1. The number of nitrogens with zero attached hydrogens (tertiary/aromatic N) is 2. The minimum Gasteiger partial charge on any atom is -0.493 e. The van der Waals surface area contributed by atoms with Crippen molar-refractivity contribution in [1.82, 2.24) is 15.2 Å². The van der Waals surface area contributed by atoms with E-state index in [-0.39, 0.29) is 11.8 Å². The fraction of sp³-hybridized carbons (Fsp3) is 0.367. The summed E-state index contributed by atoms with van der Waals surface area (Å²) in [5.41, 5.74) is 4.97. The topological polar surface area (TPSA) is 83.6 Å². The molecule has 2 N–H and O–H groups in total. The highest BCUT2D eigenvalue weighted by molar-refractivity contribution is 5.91. The number of anilines is 1. The van der Waals surface area contributed by atoms with Gasteiger partial charge < -0.3 is 15.4 Å². The normalized spacial score (nSPS) is 15.2. The van der Waals surface area contributed by atoms with Gasteiger partial charge in [-0.2, -0.15) is 0 Å². The van der Waals surface area contributed by atoms with Crippen molar-refractivity contribution in [2.45, 2.75) is 52.1 Å². The van der Waals surface area contributed by atoms with Crippen molar-refractivity contribution < 1.29 is 14.3 Å². The molecule has 1 aliphatic rings. The zero-order valence-corrected chi connectivity index (χ0v) is 21.5. The minimum absolute atomic E-state index is 0.0381. The smallest absolute Gasteiger partial charge is 0.234 e. The van der Waals surface area contributed by atoms with Crippen molar-refractivity contribution in [3.63, 3.8) is 0 Å². The first kappa shape index (κ1) is 26.4. The van der Waals surface area contributed by atoms with Crippen LogP contribution in [0.15, 0.2) is 67.0 Å². The van der Waals surface area contributed by atoms with Crippen LogP contribution in [0.25, 0.3) is 0 Å². The molecule has 0 fully saturated rings. The molecule has 0 aliphatic carbocycles. The van der Waals surface area contributed by atoms with Gasteiger partial charge in [0.1, 0.15) is 5.75 Å². The third-order valence-corrected chi connectivity index (χ3v) is 6.49. The molecule has 7 heteroatoms. The first-order chi connectivity index (χ1) is 18.1. The second-order valence-electron chi connectivity index (χ2n) is 9.57. The number of pyridine rings is 1. The van der Waals surface area contributed by atoms with Crippen molar-refractivity contribution in [2.75, 3.05) is 25.0 Å². The van der Waals surface area contributed by atoms with Crippen molar-refractivity contribution in [1.29, 1.82) is 0 Å². The standard InChI is InChI=1S/C30H36N4O3/c1-23-14-16-31-19-27(23)33-29(35)13-11-24-10-12-28-26(18-24)21-34(20-25-8-4-2-5-9-25)22-30(36)32-15-6-3-7-17-37-28/h2,4-5,8-10,12,14,16,18-19H,3,6-7,11,13,15,17,20-22H2,1H3,(H,32,36)(H,33,35). The number of aromatic nitrogens is 1. The molecule has 0 saturated carbocycles. The zero-order chi connectivity index (χ0) is 25.9. The van der Waals surface area contributed by atoms with E-state index in [0.717, 1.165) is 53.0 Å². The number of nitrogens with one attached hydrogen (secondary N) is 2. The largest absolute Gasteiger partial charge is 0.493 e. The van der Waals surface area contributed by atoms with E-state index in [1.54, 1.807) is 12.4 Å². The Balaban J connectivity index is 1.49. The third-order valence-electron chi connectivity index (χ3n) is 6.49. The number of amides is 2. The average molecular weight is 501 g/mol. The molecular weight excluding hydrogens is 464 g/mol. The van der Waals surface area contributed by atoms with Crippen LogP contribution < -0.4 is 15.4 Å². The molecule has 4 rings (SSSR count). The Morgan fingerprint density at radius 2 is 1.92 bits per heavy atom. The molecule has 0 unspecified atom stereocenters. The Morgan fingerprint density at radius 1 is 1.05 bits per heavy atom. The molecule has 2 heterocycles. The van der Waals surface area contributed by atoms with Gasteiger partial charge in [-0.15, -0.1) is 0 Å². The number of aryl methyl sites for hydroxylation is 2. The summed E-state index contributed by atoms with van der Waals surface area (Å²) in [5.74, 6) is 0.840. The van der Waals surface area contributed by atoms with Crippen molar-refractivity contribution in [3.8, 4) is 5.75 Å². The van der Waals surface area contributed by atoms with Gasteiger partial charge in [-0.3, -0.25) is 19.5 Å². The molecule has 2 aromatic carbocycles. The van der Waals surface area contributed by atoms with E-state index in [1.165, 1.54) is 0 Å². The lowest BCUT2D eigenvalue weighted by Crippen LogP contribution is -2.37. The fourth-order valence-corrected chi connectivity index (χ4v) is 4.44. The van der Waals surface area contributed by atoms with E-state index in [9.17, 15) is 9.59 Å². The van der Waals surface area contributed by atoms with Gasteiger partial charge in [-0.25, -0.2) is 0 Å². The molecule has 0 radical (unpaired) electrons. The number of carbonyl (C=O) groups excluding carboxylic acids is 2. The molecule has 7 nitrogen and oxygen atoms in total. The van der Waals surface area contributed by atoms with Crippen LogP contribution in [0.4, 0.5) is 5.69 Å². The Morgan fingerprint density at radius 3 is 2.76 bits per heavy atom. The van der Waals surface area contributed by atoms with Gasteiger partial charge in [0.25, 0.3) is 0 Å². The molecule has 2 amide bonds. The molecule has 0 saturated heterocycles. The van der Waals surface area contributed by atoms with Crippen LogP contribution in [-0.4, -0.2) is 41.4 Å². The molecule has 0 spiro atoms. The Hall–Kier alpha value is -3.71. The number of hydrogen-bond acceptors (Lipinski definition) is 5. The molecule has 1 aromatic heterocycles. The Bertz CT molecular complexity index is 1180. The van der Waals surface area contributed by atoms with Gasteiger partial charge in [0.15, 0.2) is 0 Å². The van der Waals surface area contributed by atoms with Crippen LogP contribution in [0.3, 0.4) is 0 Å². The molecule has 37 heavy (non-hydrogen) atoms. The molecule has 1 aliphatic heterocycles. The monoisotopic (exact) mass is 500 g/mol. The van der Waals surface area contributed by atoms with Crippen molar-refractivity contribution in [3.05, 3.63) is 89.2 Å². The van der Waals surface area contributed by atoms with E-state index >= 15 is 0 Å². The predicted octanol–water partition coefficient (Wildman–Crippen LogP) is 4.64. The summed E-state index contributed by atoms with van der Waals surface area (Å²) in [6.45, 7) is 4.83. The molecular formula is C30H36N4O3. The van der Waals surface area contributed by atoms with Crippen LogP contribution in [0.1, 0.15) is 47.9 Å². The van der Waals surface area contributed by atoms with Gasteiger partial charge >= 0.3 is 0 Å². The van der Waals surface area contributed by atoms with E-state index < -0.39 is 0 Å². The summed E-state index contributed by atoms with van der Waals surface area (Å²) in [7, 11) is 0. The maximum Gasteiger partial charge on any atom is 0.234 e. The molecule has 0 bridgehead atoms. The summed E-state index contributed by atoms with van der Waals surface area (Å²) >= 11 is 0. The van der Waals surface area contributed by atoms with Gasteiger partial charge in [0.05, 0.1) is 25.0 Å².